The standard InChI is InChI=1S/C20H25N5O2/c1-27-16-4-2-3-15(11-16)13-25-14-20(12-18(25)26)6-9-24(10-7-20)19-22-8-5-17(21)23-19/h2-5,8,11H,6-7,9-10,12-14H2,1H3,(H2,21,22,23). The van der Waals surface area contributed by atoms with Gasteiger partial charge in [0, 0.05) is 44.2 Å². The third kappa shape index (κ3) is 3.67. The number of piperidine rings is 1. The number of rotatable bonds is 4. The first-order chi connectivity index (χ1) is 13.1. The first-order valence-corrected chi connectivity index (χ1v) is 9.31. The highest BCUT2D eigenvalue weighted by atomic mass is 16.5. The lowest BCUT2D eigenvalue weighted by Gasteiger charge is -2.38. The summed E-state index contributed by atoms with van der Waals surface area (Å²) in [5.41, 5.74) is 6.94. The molecule has 2 fully saturated rings. The highest BCUT2D eigenvalue weighted by Gasteiger charge is 2.45. The molecule has 0 radical (unpaired) electrons. The average Bonchev–Trinajstić information content (AvgIpc) is 2.97. The number of likely N-dealkylation sites (tertiary alicyclic amines) is 1. The second-order valence-electron chi connectivity index (χ2n) is 7.55. The number of carbonyl (C=O) groups excluding carboxylic acids is 1. The van der Waals surface area contributed by atoms with E-state index in [9.17, 15) is 4.79 Å². The number of nitrogen functional groups attached to an aromatic ring is 1. The third-order valence-electron chi connectivity index (χ3n) is 5.68. The van der Waals surface area contributed by atoms with Crippen LogP contribution in [0.1, 0.15) is 24.8 Å². The molecular formula is C20H25N5O2. The molecule has 0 bridgehead atoms. The monoisotopic (exact) mass is 367 g/mol. The van der Waals surface area contributed by atoms with E-state index in [0.717, 1.165) is 43.8 Å². The average molecular weight is 367 g/mol. The van der Waals surface area contributed by atoms with Crippen molar-refractivity contribution in [2.75, 3.05) is 37.4 Å². The van der Waals surface area contributed by atoms with Crippen molar-refractivity contribution >= 4 is 17.7 Å². The van der Waals surface area contributed by atoms with Gasteiger partial charge >= 0.3 is 0 Å². The number of hydrogen-bond acceptors (Lipinski definition) is 6. The van der Waals surface area contributed by atoms with Crippen LogP contribution in [0.3, 0.4) is 0 Å². The Morgan fingerprint density at radius 3 is 2.81 bits per heavy atom. The Morgan fingerprint density at radius 2 is 2.07 bits per heavy atom. The quantitative estimate of drug-likeness (QED) is 0.891. The van der Waals surface area contributed by atoms with E-state index in [1.165, 1.54) is 0 Å². The summed E-state index contributed by atoms with van der Waals surface area (Å²) >= 11 is 0. The number of carbonyl (C=O) groups is 1. The van der Waals surface area contributed by atoms with Crippen molar-refractivity contribution in [1.82, 2.24) is 14.9 Å². The first-order valence-electron chi connectivity index (χ1n) is 9.31. The molecule has 0 unspecified atom stereocenters. The first kappa shape index (κ1) is 17.6. The van der Waals surface area contributed by atoms with Crippen LogP contribution >= 0.6 is 0 Å². The van der Waals surface area contributed by atoms with E-state index in [2.05, 4.69) is 14.9 Å². The van der Waals surface area contributed by atoms with Crippen molar-refractivity contribution in [3.05, 3.63) is 42.1 Å². The molecule has 2 saturated heterocycles. The molecule has 142 valence electrons. The number of anilines is 2. The molecule has 27 heavy (non-hydrogen) atoms. The summed E-state index contributed by atoms with van der Waals surface area (Å²) < 4.78 is 5.29. The lowest BCUT2D eigenvalue weighted by atomic mass is 9.77. The number of nitrogens with zero attached hydrogens (tertiary/aromatic N) is 4. The fourth-order valence-electron chi connectivity index (χ4n) is 4.15. The predicted octanol–water partition coefficient (Wildman–Crippen LogP) is 2.09. The van der Waals surface area contributed by atoms with Gasteiger partial charge in [-0.1, -0.05) is 12.1 Å². The van der Waals surface area contributed by atoms with Crippen molar-refractivity contribution in [3.63, 3.8) is 0 Å². The fraction of sp³-hybridized carbons (Fsp3) is 0.450. The Hall–Kier alpha value is -2.83. The molecule has 0 saturated carbocycles. The van der Waals surface area contributed by atoms with Gasteiger partial charge in [0.1, 0.15) is 11.6 Å². The molecule has 1 aromatic carbocycles. The van der Waals surface area contributed by atoms with E-state index in [-0.39, 0.29) is 11.3 Å². The van der Waals surface area contributed by atoms with Gasteiger partial charge in [0.2, 0.25) is 11.9 Å². The van der Waals surface area contributed by atoms with E-state index in [1.54, 1.807) is 19.4 Å². The Labute approximate surface area is 159 Å². The minimum atomic E-state index is 0.0623. The van der Waals surface area contributed by atoms with Crippen LogP contribution < -0.4 is 15.4 Å². The SMILES string of the molecule is COc1cccc(CN2CC3(CCN(c4nccc(N)n4)CC3)CC2=O)c1. The van der Waals surface area contributed by atoms with Crippen LogP contribution in [0.25, 0.3) is 0 Å². The molecule has 0 aliphatic carbocycles. The van der Waals surface area contributed by atoms with Gasteiger partial charge in [-0.3, -0.25) is 4.79 Å². The zero-order valence-electron chi connectivity index (χ0n) is 15.6. The van der Waals surface area contributed by atoms with Crippen LogP contribution in [0.2, 0.25) is 0 Å². The summed E-state index contributed by atoms with van der Waals surface area (Å²) in [6.07, 6.45) is 4.25. The van der Waals surface area contributed by atoms with Gasteiger partial charge in [0.25, 0.3) is 0 Å². The summed E-state index contributed by atoms with van der Waals surface area (Å²) in [6, 6.07) is 9.62. The molecule has 3 heterocycles. The van der Waals surface area contributed by atoms with Crippen molar-refractivity contribution in [2.45, 2.75) is 25.8 Å². The van der Waals surface area contributed by atoms with Crippen molar-refractivity contribution in [1.29, 1.82) is 0 Å². The summed E-state index contributed by atoms with van der Waals surface area (Å²) in [5.74, 6) is 2.24. The zero-order chi connectivity index (χ0) is 18.9. The predicted molar refractivity (Wildman–Crippen MR) is 103 cm³/mol. The molecule has 7 nitrogen and oxygen atoms in total. The van der Waals surface area contributed by atoms with Gasteiger partial charge in [0.05, 0.1) is 7.11 Å². The molecule has 0 atom stereocenters. The maximum absolute atomic E-state index is 12.6. The largest absolute Gasteiger partial charge is 0.497 e. The Balaban J connectivity index is 1.40. The van der Waals surface area contributed by atoms with E-state index >= 15 is 0 Å². The van der Waals surface area contributed by atoms with Crippen LogP contribution in [-0.4, -0.2) is 47.5 Å². The van der Waals surface area contributed by atoms with E-state index in [0.29, 0.717) is 24.7 Å². The number of amides is 1. The summed E-state index contributed by atoms with van der Waals surface area (Å²) in [7, 11) is 1.66. The topological polar surface area (TPSA) is 84.6 Å². The van der Waals surface area contributed by atoms with Gasteiger partial charge in [-0.15, -0.1) is 0 Å². The Morgan fingerprint density at radius 1 is 1.26 bits per heavy atom. The number of aromatic nitrogens is 2. The number of nitrogens with two attached hydrogens (primary N) is 1. The van der Waals surface area contributed by atoms with Gasteiger partial charge < -0.3 is 20.3 Å². The van der Waals surface area contributed by atoms with Crippen molar-refractivity contribution < 1.29 is 9.53 Å². The third-order valence-corrected chi connectivity index (χ3v) is 5.68. The second kappa shape index (κ2) is 7.06. The molecule has 2 aliphatic rings. The Bertz CT molecular complexity index is 833. The number of benzene rings is 1. The molecular weight excluding hydrogens is 342 g/mol. The summed E-state index contributed by atoms with van der Waals surface area (Å²) in [5, 5.41) is 0. The smallest absolute Gasteiger partial charge is 0.227 e. The highest BCUT2D eigenvalue weighted by molar-refractivity contribution is 5.79. The van der Waals surface area contributed by atoms with Crippen molar-refractivity contribution in [2.24, 2.45) is 5.41 Å². The van der Waals surface area contributed by atoms with Gasteiger partial charge in [0.15, 0.2) is 0 Å². The zero-order valence-corrected chi connectivity index (χ0v) is 15.6. The minimum Gasteiger partial charge on any atom is -0.497 e. The Kier molecular flexibility index (Phi) is 4.59. The van der Waals surface area contributed by atoms with Gasteiger partial charge in [-0.05, 0) is 36.6 Å². The lowest BCUT2D eigenvalue weighted by molar-refractivity contribution is -0.128. The summed E-state index contributed by atoms with van der Waals surface area (Å²) in [4.78, 5) is 25.4. The molecule has 2 N–H and O–H groups in total. The molecule has 2 aromatic rings. The van der Waals surface area contributed by atoms with Crippen LogP contribution in [0.15, 0.2) is 36.5 Å². The van der Waals surface area contributed by atoms with Crippen LogP contribution in [0.4, 0.5) is 11.8 Å². The molecule has 2 aliphatic heterocycles. The van der Waals surface area contributed by atoms with Gasteiger partial charge in [-0.25, -0.2) is 4.98 Å². The van der Waals surface area contributed by atoms with E-state index < -0.39 is 0 Å². The van der Waals surface area contributed by atoms with E-state index in [1.807, 2.05) is 29.2 Å². The molecule has 4 rings (SSSR count). The van der Waals surface area contributed by atoms with Crippen molar-refractivity contribution in [3.8, 4) is 5.75 Å². The second-order valence-corrected chi connectivity index (χ2v) is 7.55. The van der Waals surface area contributed by atoms with E-state index in [4.69, 9.17) is 10.5 Å². The molecule has 1 spiro atoms. The highest BCUT2D eigenvalue weighted by Crippen LogP contribution is 2.42. The van der Waals surface area contributed by atoms with Crippen LogP contribution in [-0.2, 0) is 11.3 Å². The normalized spacial score (nSPS) is 18.9. The van der Waals surface area contributed by atoms with Crippen LogP contribution in [0, 0.1) is 5.41 Å². The molecule has 1 amide bonds. The maximum atomic E-state index is 12.6. The minimum absolute atomic E-state index is 0.0623. The number of methoxy groups -OCH3 is 1. The maximum Gasteiger partial charge on any atom is 0.227 e. The molecule has 1 aromatic heterocycles. The van der Waals surface area contributed by atoms with Crippen LogP contribution in [0.5, 0.6) is 5.75 Å². The molecule has 7 heteroatoms. The van der Waals surface area contributed by atoms with Gasteiger partial charge in [-0.2, -0.15) is 4.98 Å². The lowest BCUT2D eigenvalue weighted by Crippen LogP contribution is -2.42. The number of ether oxygens (including phenoxy) is 1. The number of hydrogen-bond donors (Lipinski definition) is 1. The fourth-order valence-corrected chi connectivity index (χ4v) is 4.15. The summed E-state index contributed by atoms with van der Waals surface area (Å²) in [6.45, 7) is 3.15.